The van der Waals surface area contributed by atoms with E-state index in [1.54, 1.807) is 0 Å². The monoisotopic (exact) mass is 534 g/mol. The van der Waals surface area contributed by atoms with Gasteiger partial charge in [-0.2, -0.15) is 0 Å². The lowest BCUT2D eigenvalue weighted by Crippen LogP contribution is -2.52. The standard InChI is InChI=1S/C22H35ClN4O.HI/c1-17(2)27-12-8-18(9-13-27)26-21(24-3)25-16-22(10-14-28-15-11-22)19-6-4-5-7-20(19)23;/h4-7,17-18H,8-16H2,1-3H3,(H2,24,25,26);1H. The predicted molar refractivity (Wildman–Crippen MR) is 133 cm³/mol. The molecule has 1 aromatic rings. The number of nitrogens with zero attached hydrogens (tertiary/aromatic N) is 2. The van der Waals surface area contributed by atoms with E-state index in [4.69, 9.17) is 16.3 Å². The van der Waals surface area contributed by atoms with E-state index < -0.39 is 0 Å². The molecule has 2 N–H and O–H groups in total. The van der Waals surface area contributed by atoms with E-state index in [0.717, 1.165) is 69.5 Å². The van der Waals surface area contributed by atoms with E-state index in [1.165, 1.54) is 5.56 Å². The fourth-order valence-electron chi connectivity index (χ4n) is 4.40. The number of hydrogen-bond donors (Lipinski definition) is 2. The maximum absolute atomic E-state index is 6.57. The van der Waals surface area contributed by atoms with Crippen molar-refractivity contribution in [3.05, 3.63) is 34.9 Å². The lowest BCUT2D eigenvalue weighted by atomic mass is 9.74. The average molecular weight is 535 g/mol. The number of ether oxygens (including phenoxy) is 1. The molecule has 2 aliphatic rings. The van der Waals surface area contributed by atoms with Crippen LogP contribution < -0.4 is 10.6 Å². The molecule has 3 rings (SSSR count). The molecule has 0 saturated carbocycles. The first-order valence-corrected chi connectivity index (χ1v) is 11.0. The summed E-state index contributed by atoms with van der Waals surface area (Å²) in [6.07, 6.45) is 4.24. The molecule has 0 bridgehead atoms. The fraction of sp³-hybridized carbons (Fsp3) is 0.682. The van der Waals surface area contributed by atoms with Crippen LogP contribution in [0.3, 0.4) is 0 Å². The maximum atomic E-state index is 6.57. The minimum atomic E-state index is -0.0186. The number of nitrogens with one attached hydrogen (secondary N) is 2. The smallest absolute Gasteiger partial charge is 0.191 e. The molecule has 29 heavy (non-hydrogen) atoms. The Hall–Kier alpha value is -0.570. The van der Waals surface area contributed by atoms with Gasteiger partial charge in [-0.05, 0) is 51.2 Å². The summed E-state index contributed by atoms with van der Waals surface area (Å²) in [5, 5.41) is 8.08. The lowest BCUT2D eigenvalue weighted by Gasteiger charge is -2.39. The molecular formula is C22H36ClIN4O. The normalized spacial score (nSPS) is 20.9. The van der Waals surface area contributed by atoms with Crippen LogP contribution in [-0.4, -0.2) is 62.8 Å². The van der Waals surface area contributed by atoms with Crippen LogP contribution in [0.25, 0.3) is 0 Å². The van der Waals surface area contributed by atoms with Crippen molar-refractivity contribution in [1.82, 2.24) is 15.5 Å². The van der Waals surface area contributed by atoms with Crippen LogP contribution in [0, 0.1) is 0 Å². The summed E-state index contributed by atoms with van der Waals surface area (Å²) in [7, 11) is 1.85. The summed E-state index contributed by atoms with van der Waals surface area (Å²) < 4.78 is 5.65. The molecule has 1 aromatic carbocycles. The van der Waals surface area contributed by atoms with Crippen LogP contribution in [0.5, 0.6) is 0 Å². The van der Waals surface area contributed by atoms with Gasteiger partial charge in [-0.15, -0.1) is 24.0 Å². The molecule has 0 aromatic heterocycles. The van der Waals surface area contributed by atoms with Gasteiger partial charge in [0.25, 0.3) is 0 Å². The van der Waals surface area contributed by atoms with Gasteiger partial charge < -0.3 is 20.3 Å². The van der Waals surface area contributed by atoms with E-state index >= 15 is 0 Å². The second kappa shape index (κ2) is 11.7. The first kappa shape index (κ1) is 24.7. The van der Waals surface area contributed by atoms with Gasteiger partial charge in [0.15, 0.2) is 5.96 Å². The maximum Gasteiger partial charge on any atom is 0.191 e. The molecule has 0 atom stereocenters. The number of rotatable bonds is 5. The highest BCUT2D eigenvalue weighted by Gasteiger charge is 2.36. The van der Waals surface area contributed by atoms with Crippen LogP contribution in [0.2, 0.25) is 5.02 Å². The quantitative estimate of drug-likeness (QED) is 0.340. The number of piperidine rings is 1. The minimum Gasteiger partial charge on any atom is -0.381 e. The molecule has 164 valence electrons. The molecule has 7 heteroatoms. The average Bonchev–Trinajstić information content (AvgIpc) is 2.72. The summed E-state index contributed by atoms with van der Waals surface area (Å²) in [6.45, 7) is 9.19. The Morgan fingerprint density at radius 1 is 1.24 bits per heavy atom. The van der Waals surface area contributed by atoms with Gasteiger partial charge in [-0.25, -0.2) is 0 Å². The minimum absolute atomic E-state index is 0. The highest BCUT2D eigenvalue weighted by atomic mass is 127. The molecule has 0 aliphatic carbocycles. The largest absolute Gasteiger partial charge is 0.381 e. The lowest BCUT2D eigenvalue weighted by molar-refractivity contribution is 0.0514. The van der Waals surface area contributed by atoms with Gasteiger partial charge in [-0.1, -0.05) is 29.8 Å². The van der Waals surface area contributed by atoms with E-state index in [1.807, 2.05) is 19.2 Å². The van der Waals surface area contributed by atoms with Crippen molar-refractivity contribution in [1.29, 1.82) is 0 Å². The van der Waals surface area contributed by atoms with E-state index in [-0.39, 0.29) is 29.4 Å². The molecule has 0 spiro atoms. The van der Waals surface area contributed by atoms with Crippen LogP contribution in [-0.2, 0) is 10.2 Å². The SMILES string of the molecule is CN=C(NCC1(c2ccccc2Cl)CCOCC1)NC1CCN(C(C)C)CC1.I. The summed E-state index contributed by atoms with van der Waals surface area (Å²) >= 11 is 6.57. The molecule has 0 unspecified atom stereocenters. The van der Waals surface area contributed by atoms with Crippen molar-refractivity contribution in [3.63, 3.8) is 0 Å². The predicted octanol–water partition coefficient (Wildman–Crippen LogP) is 4.04. The summed E-state index contributed by atoms with van der Waals surface area (Å²) in [6, 6.07) is 9.33. The second-order valence-electron chi connectivity index (χ2n) is 8.35. The topological polar surface area (TPSA) is 48.9 Å². The molecule has 0 amide bonds. The van der Waals surface area contributed by atoms with Crippen LogP contribution in [0.15, 0.2) is 29.3 Å². The molecule has 2 heterocycles. The van der Waals surface area contributed by atoms with Crippen molar-refractivity contribution < 1.29 is 4.74 Å². The third-order valence-electron chi connectivity index (χ3n) is 6.31. The first-order valence-electron chi connectivity index (χ1n) is 10.6. The highest BCUT2D eigenvalue weighted by Crippen LogP contribution is 2.38. The van der Waals surface area contributed by atoms with Crippen LogP contribution in [0.1, 0.15) is 45.1 Å². The van der Waals surface area contributed by atoms with Crippen molar-refractivity contribution >= 4 is 41.5 Å². The Labute approximate surface area is 198 Å². The Kier molecular flexibility index (Phi) is 9.98. The van der Waals surface area contributed by atoms with Crippen molar-refractivity contribution in [3.8, 4) is 0 Å². The molecule has 2 fully saturated rings. The van der Waals surface area contributed by atoms with Crippen molar-refractivity contribution in [2.45, 2.75) is 57.0 Å². The van der Waals surface area contributed by atoms with Gasteiger partial charge in [-0.3, -0.25) is 4.99 Å². The first-order chi connectivity index (χ1) is 13.5. The van der Waals surface area contributed by atoms with Gasteiger partial charge in [0, 0.05) is 62.4 Å². The summed E-state index contributed by atoms with van der Waals surface area (Å²) in [5.41, 5.74) is 1.20. The van der Waals surface area contributed by atoms with Crippen LogP contribution in [0.4, 0.5) is 0 Å². The number of aliphatic imine (C=N–C) groups is 1. The molecule has 5 nitrogen and oxygen atoms in total. The number of guanidine groups is 1. The number of halogens is 2. The van der Waals surface area contributed by atoms with Crippen LogP contribution >= 0.6 is 35.6 Å². The van der Waals surface area contributed by atoms with Crippen molar-refractivity contribution in [2.24, 2.45) is 4.99 Å². The highest BCUT2D eigenvalue weighted by molar-refractivity contribution is 14.0. The Balaban J connectivity index is 0.00000300. The molecular weight excluding hydrogens is 499 g/mol. The van der Waals surface area contributed by atoms with Gasteiger partial charge in [0.1, 0.15) is 0 Å². The number of benzene rings is 1. The molecule has 0 radical (unpaired) electrons. The Bertz CT molecular complexity index is 656. The zero-order valence-electron chi connectivity index (χ0n) is 17.9. The third kappa shape index (κ3) is 6.45. The molecule has 2 saturated heterocycles. The summed E-state index contributed by atoms with van der Waals surface area (Å²) in [4.78, 5) is 7.03. The van der Waals surface area contributed by atoms with Gasteiger partial charge in [0.2, 0.25) is 0 Å². The van der Waals surface area contributed by atoms with Crippen molar-refractivity contribution in [2.75, 3.05) is 39.9 Å². The van der Waals surface area contributed by atoms with Gasteiger partial charge in [0.05, 0.1) is 0 Å². The zero-order valence-corrected chi connectivity index (χ0v) is 21.0. The van der Waals surface area contributed by atoms with E-state index in [0.29, 0.717) is 12.1 Å². The fourth-order valence-corrected chi connectivity index (χ4v) is 4.73. The van der Waals surface area contributed by atoms with E-state index in [2.05, 4.69) is 46.5 Å². The zero-order chi connectivity index (χ0) is 20.0. The third-order valence-corrected chi connectivity index (χ3v) is 6.64. The Morgan fingerprint density at radius 3 is 2.48 bits per heavy atom. The number of hydrogen-bond acceptors (Lipinski definition) is 3. The Morgan fingerprint density at radius 2 is 1.90 bits per heavy atom. The second-order valence-corrected chi connectivity index (χ2v) is 8.75. The number of likely N-dealkylation sites (tertiary alicyclic amines) is 1. The van der Waals surface area contributed by atoms with Gasteiger partial charge >= 0.3 is 0 Å². The van der Waals surface area contributed by atoms with E-state index in [9.17, 15) is 0 Å². The summed E-state index contributed by atoms with van der Waals surface area (Å²) in [5.74, 6) is 0.890. The molecule has 2 aliphatic heterocycles.